The van der Waals surface area contributed by atoms with Crippen LogP contribution in [0.3, 0.4) is 0 Å². The van der Waals surface area contributed by atoms with Crippen LogP contribution in [0.4, 0.5) is 10.1 Å². The van der Waals surface area contributed by atoms with Crippen LogP contribution in [0.15, 0.2) is 59.5 Å². The first-order valence-electron chi connectivity index (χ1n) is 11.8. The number of hydrogen-bond acceptors (Lipinski definition) is 5. The molecule has 0 aliphatic carbocycles. The molecule has 0 radical (unpaired) electrons. The summed E-state index contributed by atoms with van der Waals surface area (Å²) in [5.74, 6) is -1.12. The Bertz CT molecular complexity index is 1560. The third kappa shape index (κ3) is 4.44. The first kappa shape index (κ1) is 24.8. The van der Waals surface area contributed by atoms with Gasteiger partial charge in [-0.15, -0.1) is 0 Å². The number of fused-ring (bicyclic) bond motifs is 1. The Labute approximate surface area is 214 Å². The second-order valence-corrected chi connectivity index (χ2v) is 10.9. The molecule has 1 N–H and O–H groups in total. The van der Waals surface area contributed by atoms with Gasteiger partial charge >= 0.3 is 0 Å². The molecule has 0 saturated heterocycles. The Hall–Kier alpha value is -3.83. The molecule has 0 bridgehead atoms. The van der Waals surface area contributed by atoms with Gasteiger partial charge in [-0.2, -0.15) is 14.5 Å². The second kappa shape index (κ2) is 9.56. The summed E-state index contributed by atoms with van der Waals surface area (Å²) in [6.07, 6.45) is 0.473. The van der Waals surface area contributed by atoms with E-state index in [0.717, 1.165) is 11.3 Å². The second-order valence-electron chi connectivity index (χ2n) is 9.05. The number of para-hydroxylation sites is 1. The maximum absolute atomic E-state index is 14.6. The number of halogens is 1. The number of rotatable bonds is 6. The Balaban J connectivity index is 1.52. The molecule has 2 aromatic carbocycles. The predicted molar refractivity (Wildman–Crippen MR) is 136 cm³/mol. The van der Waals surface area contributed by atoms with Crippen LogP contribution in [0.25, 0.3) is 0 Å². The molecular weight excluding hydrogens is 495 g/mol. The smallest absolute Gasteiger partial charge is 0.261 e. The van der Waals surface area contributed by atoms with Crippen molar-refractivity contribution in [2.45, 2.75) is 38.3 Å². The Morgan fingerprint density at radius 2 is 1.81 bits per heavy atom. The fourth-order valence-corrected chi connectivity index (χ4v) is 6.59. The number of carbonyl (C=O) groups is 1. The van der Waals surface area contributed by atoms with Crippen LogP contribution in [0.2, 0.25) is 0 Å². The number of anilines is 1. The number of carbonyl (C=O) groups excluding carboxylic acids is 1. The molecule has 1 aliphatic rings. The minimum atomic E-state index is -3.80. The first-order valence-corrected chi connectivity index (χ1v) is 13.3. The zero-order chi connectivity index (χ0) is 26.3. The lowest BCUT2D eigenvalue weighted by Crippen LogP contribution is -2.37. The van der Waals surface area contributed by atoms with Crippen LogP contribution < -0.4 is 4.90 Å². The lowest BCUT2D eigenvalue weighted by atomic mass is 10.1. The normalized spacial score (nSPS) is 13.9. The number of aryl methyl sites for hydroxylation is 3. The summed E-state index contributed by atoms with van der Waals surface area (Å²) < 4.78 is 44.8. The van der Waals surface area contributed by atoms with Crippen molar-refractivity contribution in [1.82, 2.24) is 24.3 Å². The van der Waals surface area contributed by atoms with Crippen molar-refractivity contribution in [3.05, 3.63) is 94.3 Å². The molecular formula is C26H27FN6O3S. The molecule has 5 rings (SSSR count). The van der Waals surface area contributed by atoms with Crippen LogP contribution >= 0.6 is 0 Å². The average Bonchev–Trinajstić information content (AvgIpc) is 3.40. The number of benzene rings is 2. The van der Waals surface area contributed by atoms with E-state index >= 15 is 0 Å². The number of nitrogens with one attached hydrogen (secondary N) is 1. The highest BCUT2D eigenvalue weighted by atomic mass is 32.2. The number of amides is 1. The highest BCUT2D eigenvalue weighted by Gasteiger charge is 2.35. The van der Waals surface area contributed by atoms with Crippen LogP contribution in [-0.2, 0) is 36.6 Å². The van der Waals surface area contributed by atoms with E-state index < -0.39 is 21.7 Å². The summed E-state index contributed by atoms with van der Waals surface area (Å²) in [4.78, 5) is 15.2. The number of aromatic amines is 1. The molecule has 9 nitrogen and oxygen atoms in total. The maximum Gasteiger partial charge on any atom is 0.261 e. The van der Waals surface area contributed by atoms with Crippen LogP contribution in [-0.4, -0.2) is 45.2 Å². The summed E-state index contributed by atoms with van der Waals surface area (Å²) in [7, 11) is -2.00. The zero-order valence-corrected chi connectivity index (χ0v) is 21.6. The molecule has 2 aromatic heterocycles. The number of H-pyrrole nitrogens is 1. The van der Waals surface area contributed by atoms with E-state index in [1.165, 1.54) is 27.4 Å². The summed E-state index contributed by atoms with van der Waals surface area (Å²) in [6, 6.07) is 14.8. The maximum atomic E-state index is 14.6. The summed E-state index contributed by atoms with van der Waals surface area (Å²) in [5.41, 5.74) is 3.66. The van der Waals surface area contributed by atoms with Crippen molar-refractivity contribution in [2.75, 3.05) is 11.4 Å². The highest BCUT2D eigenvalue weighted by Crippen LogP contribution is 2.31. The molecule has 1 amide bonds. The number of hydrogen-bond donors (Lipinski definition) is 1. The number of nitrogens with zero attached hydrogens (tertiary/aromatic N) is 5. The van der Waals surface area contributed by atoms with Gasteiger partial charge in [-0.3, -0.25) is 14.6 Å². The Morgan fingerprint density at radius 3 is 2.49 bits per heavy atom. The summed E-state index contributed by atoms with van der Waals surface area (Å²) in [5, 5.41) is 11.5. The quantitative estimate of drug-likeness (QED) is 0.418. The van der Waals surface area contributed by atoms with E-state index in [1.54, 1.807) is 48.9 Å². The lowest BCUT2D eigenvalue weighted by Gasteiger charge is -2.28. The molecule has 37 heavy (non-hydrogen) atoms. The van der Waals surface area contributed by atoms with E-state index in [4.69, 9.17) is 0 Å². The van der Waals surface area contributed by atoms with Gasteiger partial charge in [-0.1, -0.05) is 30.3 Å². The molecule has 0 saturated carbocycles. The van der Waals surface area contributed by atoms with Gasteiger partial charge in [0.2, 0.25) is 10.0 Å². The van der Waals surface area contributed by atoms with Crippen molar-refractivity contribution in [3.63, 3.8) is 0 Å². The predicted octanol–water partition coefficient (Wildman–Crippen LogP) is 3.49. The summed E-state index contributed by atoms with van der Waals surface area (Å²) >= 11 is 0. The van der Waals surface area contributed by atoms with Crippen molar-refractivity contribution < 1.29 is 17.6 Å². The largest absolute Gasteiger partial charge is 0.302 e. The summed E-state index contributed by atoms with van der Waals surface area (Å²) in [6.45, 7) is 3.81. The van der Waals surface area contributed by atoms with Crippen molar-refractivity contribution >= 4 is 21.6 Å². The molecule has 192 valence electrons. The van der Waals surface area contributed by atoms with Gasteiger partial charge < -0.3 is 4.90 Å². The fraction of sp³-hybridized carbons (Fsp3) is 0.269. The third-order valence-electron chi connectivity index (χ3n) is 6.67. The lowest BCUT2D eigenvalue weighted by molar-refractivity contribution is 0.0980. The van der Waals surface area contributed by atoms with Crippen LogP contribution in [0.5, 0.6) is 0 Å². The molecule has 0 unspecified atom stereocenters. The fourth-order valence-electron chi connectivity index (χ4n) is 4.85. The van der Waals surface area contributed by atoms with Crippen LogP contribution in [0.1, 0.15) is 38.7 Å². The minimum absolute atomic E-state index is 0.0498. The van der Waals surface area contributed by atoms with E-state index in [9.17, 15) is 17.6 Å². The average molecular weight is 523 g/mol. The van der Waals surface area contributed by atoms with Crippen LogP contribution in [0, 0.1) is 19.7 Å². The van der Waals surface area contributed by atoms with Gasteiger partial charge in [0, 0.05) is 43.5 Å². The number of aromatic nitrogens is 4. The van der Waals surface area contributed by atoms with Crippen molar-refractivity contribution in [3.8, 4) is 0 Å². The Morgan fingerprint density at radius 1 is 1.11 bits per heavy atom. The highest BCUT2D eigenvalue weighted by molar-refractivity contribution is 7.89. The van der Waals surface area contributed by atoms with Gasteiger partial charge in [0.25, 0.3) is 5.91 Å². The van der Waals surface area contributed by atoms with Gasteiger partial charge in [0.1, 0.15) is 10.7 Å². The molecule has 3 heterocycles. The third-order valence-corrected chi connectivity index (χ3v) is 8.78. The molecule has 0 fully saturated rings. The van der Waals surface area contributed by atoms with Gasteiger partial charge in [0.15, 0.2) is 0 Å². The molecule has 0 spiro atoms. The number of sulfonamides is 1. The topological polar surface area (TPSA) is 104 Å². The van der Waals surface area contributed by atoms with Crippen molar-refractivity contribution in [2.24, 2.45) is 7.05 Å². The van der Waals surface area contributed by atoms with Gasteiger partial charge in [-0.25, -0.2) is 12.8 Å². The SMILES string of the molecule is Cc1n[nH]c(C)c1S(=O)(=O)N1CCc2c(c(CN(C(=O)c3ccccc3F)c3ccccc3)nn2C)C1. The van der Waals surface area contributed by atoms with Gasteiger partial charge in [0.05, 0.1) is 29.2 Å². The van der Waals surface area contributed by atoms with E-state index in [-0.39, 0.29) is 23.5 Å². The Kier molecular flexibility index (Phi) is 6.42. The van der Waals surface area contributed by atoms with E-state index in [0.29, 0.717) is 35.7 Å². The van der Waals surface area contributed by atoms with Crippen molar-refractivity contribution in [1.29, 1.82) is 0 Å². The standard InChI is InChI=1S/C26H27FN6O3S/c1-17-25(18(2)29-28-17)37(35,36)32-14-13-24-21(15-32)23(30-31(24)3)16-33(19-9-5-4-6-10-19)26(34)20-11-7-8-12-22(20)27/h4-12H,13-16H2,1-3H3,(H,28,29). The molecule has 4 aromatic rings. The molecule has 0 atom stereocenters. The zero-order valence-electron chi connectivity index (χ0n) is 20.8. The van der Waals surface area contributed by atoms with Gasteiger partial charge in [-0.05, 0) is 38.1 Å². The van der Waals surface area contributed by atoms with E-state index in [2.05, 4.69) is 15.3 Å². The monoisotopic (exact) mass is 522 g/mol. The minimum Gasteiger partial charge on any atom is -0.302 e. The first-order chi connectivity index (χ1) is 17.7. The molecule has 11 heteroatoms. The molecule has 1 aliphatic heterocycles. The van der Waals surface area contributed by atoms with E-state index in [1.807, 2.05) is 13.1 Å².